The number of methoxy groups -OCH3 is 1. The van der Waals surface area contributed by atoms with Crippen LogP contribution in [0.5, 0.6) is 5.75 Å². The molecule has 0 saturated heterocycles. The molecular weight excluding hydrogens is 502 g/mol. The first kappa shape index (κ1) is 25.2. The van der Waals surface area contributed by atoms with Gasteiger partial charge in [-0.05, 0) is 97.7 Å². The third-order valence-corrected chi connectivity index (χ3v) is 9.71. The van der Waals surface area contributed by atoms with Crippen molar-refractivity contribution < 1.29 is 19.1 Å². The number of amides is 1. The minimum Gasteiger partial charge on any atom is -0.481 e. The Kier molecular flexibility index (Phi) is 6.12. The van der Waals surface area contributed by atoms with Crippen molar-refractivity contribution in [1.29, 1.82) is 0 Å². The molecular formula is C33H35N3O4. The molecule has 8 rings (SSSR count). The number of hydrogen-bond acceptors (Lipinski definition) is 5. The van der Waals surface area contributed by atoms with Crippen LogP contribution in [0.4, 0.5) is 0 Å². The Bertz CT molecular complexity index is 1480. The average Bonchev–Trinajstić information content (AvgIpc) is 3.32. The number of carbonyl (C=O) groups is 2. The average molecular weight is 538 g/mol. The minimum absolute atomic E-state index is 0.0170. The number of carbonyl (C=O) groups excluding carboxylic acids is 2. The highest BCUT2D eigenvalue weighted by Gasteiger charge is 2.51. The van der Waals surface area contributed by atoms with Crippen LogP contribution < -0.4 is 15.4 Å². The van der Waals surface area contributed by atoms with Crippen LogP contribution in [0.25, 0.3) is 10.9 Å². The molecule has 2 heterocycles. The summed E-state index contributed by atoms with van der Waals surface area (Å²) in [5.41, 5.74) is 4.62. The van der Waals surface area contributed by atoms with Gasteiger partial charge in [0.25, 0.3) is 5.91 Å². The molecule has 2 atom stereocenters. The van der Waals surface area contributed by atoms with E-state index >= 15 is 0 Å². The largest absolute Gasteiger partial charge is 0.481 e. The first-order chi connectivity index (χ1) is 19.4. The molecule has 0 radical (unpaired) electrons. The summed E-state index contributed by atoms with van der Waals surface area (Å²) in [5, 5.41) is 7.95. The predicted octanol–water partition coefficient (Wildman–Crippen LogP) is 4.66. The fraction of sp³-hybridized carbons (Fsp3) is 0.455. The van der Waals surface area contributed by atoms with Crippen molar-refractivity contribution in [3.8, 4) is 18.1 Å². The maximum atomic E-state index is 13.4. The fourth-order valence-electron chi connectivity index (χ4n) is 8.44. The maximum absolute atomic E-state index is 13.4. The van der Waals surface area contributed by atoms with Crippen molar-refractivity contribution in [3.05, 3.63) is 64.8 Å². The van der Waals surface area contributed by atoms with Gasteiger partial charge in [-0.15, -0.1) is 6.42 Å². The van der Waals surface area contributed by atoms with Crippen LogP contribution in [-0.4, -0.2) is 42.2 Å². The van der Waals surface area contributed by atoms with Crippen LogP contribution in [0.15, 0.2) is 42.5 Å². The van der Waals surface area contributed by atoms with E-state index in [1.165, 1.54) is 26.4 Å². The molecule has 1 amide bonds. The molecule has 3 N–H and O–H groups in total. The smallest absolute Gasteiger partial charge is 0.323 e. The van der Waals surface area contributed by atoms with Crippen LogP contribution in [0.1, 0.15) is 71.7 Å². The van der Waals surface area contributed by atoms with Crippen LogP contribution in [0.3, 0.4) is 0 Å². The lowest BCUT2D eigenvalue weighted by molar-refractivity contribution is -0.143. The molecule has 7 nitrogen and oxygen atoms in total. The molecule has 1 unspecified atom stereocenters. The van der Waals surface area contributed by atoms with Gasteiger partial charge < -0.3 is 19.8 Å². The highest BCUT2D eigenvalue weighted by molar-refractivity contribution is 5.95. The number of terminal acetylenes is 1. The van der Waals surface area contributed by atoms with Crippen molar-refractivity contribution in [2.75, 3.05) is 13.7 Å². The molecule has 0 spiro atoms. The van der Waals surface area contributed by atoms with Crippen molar-refractivity contribution in [2.24, 2.45) is 17.8 Å². The normalized spacial score (nSPS) is 29.9. The zero-order chi connectivity index (χ0) is 27.4. The topological polar surface area (TPSA) is 92.5 Å². The van der Waals surface area contributed by atoms with E-state index in [0.717, 1.165) is 64.7 Å². The van der Waals surface area contributed by atoms with Gasteiger partial charge >= 0.3 is 5.97 Å². The molecule has 5 aliphatic rings. The summed E-state index contributed by atoms with van der Waals surface area (Å²) in [6.07, 6.45) is 13.3. The van der Waals surface area contributed by atoms with E-state index in [2.05, 4.69) is 21.5 Å². The van der Waals surface area contributed by atoms with E-state index in [4.69, 9.17) is 15.9 Å². The third-order valence-electron chi connectivity index (χ3n) is 9.71. The molecule has 1 aliphatic heterocycles. The first-order valence-corrected chi connectivity index (χ1v) is 14.4. The molecule has 4 saturated carbocycles. The number of ether oxygens (including phenoxy) is 2. The summed E-state index contributed by atoms with van der Waals surface area (Å²) in [6, 6.07) is 12.8. The molecule has 4 aliphatic carbocycles. The van der Waals surface area contributed by atoms with Crippen molar-refractivity contribution in [2.45, 2.75) is 62.6 Å². The summed E-state index contributed by atoms with van der Waals surface area (Å²) in [5.74, 6) is 5.22. The number of fused-ring (bicyclic) bond motifs is 3. The van der Waals surface area contributed by atoms with Gasteiger partial charge in [-0.25, -0.2) is 0 Å². The Morgan fingerprint density at radius 1 is 1.05 bits per heavy atom. The minimum atomic E-state index is -0.504. The van der Waals surface area contributed by atoms with Gasteiger partial charge in [0.05, 0.1) is 13.2 Å². The van der Waals surface area contributed by atoms with Crippen LogP contribution in [0.2, 0.25) is 0 Å². The number of esters is 1. The number of nitrogens with one attached hydrogen (secondary N) is 3. The quantitative estimate of drug-likeness (QED) is 0.314. The molecule has 2 aromatic carbocycles. The maximum Gasteiger partial charge on any atom is 0.323 e. The molecule has 7 heteroatoms. The molecule has 4 fully saturated rings. The van der Waals surface area contributed by atoms with E-state index < -0.39 is 6.04 Å². The lowest BCUT2D eigenvalue weighted by Crippen LogP contribution is -2.59. The first-order valence-electron chi connectivity index (χ1n) is 14.4. The molecule has 40 heavy (non-hydrogen) atoms. The summed E-state index contributed by atoms with van der Waals surface area (Å²) < 4.78 is 10.8. The lowest BCUT2D eigenvalue weighted by atomic mass is 9.53. The SMILES string of the molecule is C#CCOc1ccc2[nH]c3c(c2c1)C[C@H](C(=O)OC)NC3c1ccc(C(=O)NC23CC4CC(CC(C4)C2)C3)cc1. The molecule has 1 aromatic heterocycles. The molecule has 206 valence electrons. The molecule has 3 aromatic rings. The number of rotatable bonds is 6. The Morgan fingerprint density at radius 2 is 1.75 bits per heavy atom. The fourth-order valence-corrected chi connectivity index (χ4v) is 8.44. The van der Waals surface area contributed by atoms with E-state index in [1.807, 2.05) is 42.5 Å². The Balaban J connectivity index is 1.16. The number of aromatic nitrogens is 1. The highest BCUT2D eigenvalue weighted by atomic mass is 16.5. The van der Waals surface area contributed by atoms with Crippen LogP contribution in [-0.2, 0) is 16.0 Å². The van der Waals surface area contributed by atoms with Crippen LogP contribution in [0, 0.1) is 30.1 Å². The Labute approximate surface area is 234 Å². The van der Waals surface area contributed by atoms with E-state index in [0.29, 0.717) is 17.7 Å². The third kappa shape index (κ3) is 4.35. The summed E-state index contributed by atoms with van der Waals surface area (Å²) >= 11 is 0. The highest BCUT2D eigenvalue weighted by Crippen LogP contribution is 2.55. The second-order valence-electron chi connectivity index (χ2n) is 12.4. The zero-order valence-electron chi connectivity index (χ0n) is 22.8. The lowest BCUT2D eigenvalue weighted by Gasteiger charge is -2.56. The zero-order valence-corrected chi connectivity index (χ0v) is 22.8. The van der Waals surface area contributed by atoms with Gasteiger partial charge in [0.2, 0.25) is 0 Å². The van der Waals surface area contributed by atoms with Gasteiger partial charge in [-0.3, -0.25) is 14.9 Å². The van der Waals surface area contributed by atoms with Gasteiger partial charge in [-0.2, -0.15) is 0 Å². The second kappa shape index (κ2) is 9.71. The Hall–Kier alpha value is -3.76. The van der Waals surface area contributed by atoms with Crippen molar-refractivity contribution in [3.63, 3.8) is 0 Å². The number of hydrogen-bond donors (Lipinski definition) is 3. The standard InChI is InChI=1S/C33H35N3O4/c1-3-10-40-24-8-9-27-25(14-24)26-15-28(32(38)39-2)35-29(30(26)34-27)22-4-6-23(7-5-22)31(37)36-33-16-19-11-20(17-33)13-21(12-19)18-33/h1,4-9,14,19-21,28-29,34-35H,10-13,15-18H2,2H3,(H,36,37)/t19?,20?,21?,28-,29?,33?/m1/s1. The van der Waals surface area contributed by atoms with Gasteiger partial charge in [0, 0.05) is 34.1 Å². The van der Waals surface area contributed by atoms with Gasteiger partial charge in [0.15, 0.2) is 0 Å². The van der Waals surface area contributed by atoms with Gasteiger partial charge in [0.1, 0.15) is 18.4 Å². The summed E-state index contributed by atoms with van der Waals surface area (Å²) in [6.45, 7) is 0.190. The summed E-state index contributed by atoms with van der Waals surface area (Å²) in [4.78, 5) is 29.6. The Morgan fingerprint density at radius 3 is 2.40 bits per heavy atom. The van der Waals surface area contributed by atoms with Crippen molar-refractivity contribution >= 4 is 22.8 Å². The predicted molar refractivity (Wildman–Crippen MR) is 152 cm³/mol. The summed E-state index contributed by atoms with van der Waals surface area (Å²) in [7, 11) is 1.41. The van der Waals surface area contributed by atoms with E-state index in [-0.39, 0.29) is 30.1 Å². The second-order valence-corrected chi connectivity index (χ2v) is 12.4. The van der Waals surface area contributed by atoms with E-state index in [9.17, 15) is 9.59 Å². The van der Waals surface area contributed by atoms with Gasteiger partial charge in [-0.1, -0.05) is 18.1 Å². The number of aromatic amines is 1. The van der Waals surface area contributed by atoms with E-state index in [1.54, 1.807) is 0 Å². The number of H-pyrrole nitrogens is 1. The van der Waals surface area contributed by atoms with Crippen molar-refractivity contribution in [1.82, 2.24) is 15.6 Å². The molecule has 4 bridgehead atoms. The monoisotopic (exact) mass is 537 g/mol. The van der Waals surface area contributed by atoms with Crippen LogP contribution >= 0.6 is 0 Å². The number of benzene rings is 2.